The van der Waals surface area contributed by atoms with Crippen molar-refractivity contribution in [2.45, 2.75) is 0 Å². The molecule has 0 unspecified atom stereocenters. The zero-order valence-corrected chi connectivity index (χ0v) is 8.05. The van der Waals surface area contributed by atoms with Gasteiger partial charge in [0, 0.05) is 26.5 Å². The average Bonchev–Trinajstić information content (AvgIpc) is 2.68. The predicted molar refractivity (Wildman–Crippen MR) is 53.3 cm³/mol. The van der Waals surface area contributed by atoms with Crippen molar-refractivity contribution in [3.05, 3.63) is 30.5 Å². The molecule has 1 radical (unpaired) electrons. The van der Waals surface area contributed by atoms with Crippen LogP contribution < -0.4 is 5.32 Å². The van der Waals surface area contributed by atoms with Crippen LogP contribution in [0.3, 0.4) is 0 Å². The van der Waals surface area contributed by atoms with E-state index in [1.165, 1.54) is 0 Å². The van der Waals surface area contributed by atoms with Crippen molar-refractivity contribution in [2.75, 3.05) is 14.1 Å². The number of rotatable bonds is 1. The van der Waals surface area contributed by atoms with Crippen LogP contribution in [0.25, 0.3) is 5.70 Å². The molecule has 0 fully saturated rings. The van der Waals surface area contributed by atoms with Crippen molar-refractivity contribution in [1.29, 1.82) is 0 Å². The molecule has 0 spiro atoms. The van der Waals surface area contributed by atoms with E-state index in [4.69, 9.17) is 0 Å². The molecule has 0 N–H and O–H groups in total. The molecule has 0 bridgehead atoms. The Labute approximate surface area is 82.2 Å². The Morgan fingerprint density at radius 1 is 1.14 bits per heavy atom. The van der Waals surface area contributed by atoms with Crippen molar-refractivity contribution in [1.82, 2.24) is 20.2 Å². The molecule has 71 valence electrons. The molecule has 0 atom stereocenters. The number of hydrogen-bond donors (Lipinski definition) is 0. The van der Waals surface area contributed by atoms with Gasteiger partial charge in [-0.3, -0.25) is 0 Å². The van der Waals surface area contributed by atoms with Crippen molar-refractivity contribution >= 4 is 11.7 Å². The highest BCUT2D eigenvalue weighted by atomic mass is 15.3. The molecule has 0 amide bonds. The largest absolute Gasteiger partial charge is 0.347 e. The molecule has 14 heavy (non-hydrogen) atoms. The van der Waals surface area contributed by atoms with Gasteiger partial charge in [-0.25, -0.2) is 20.3 Å². The minimum atomic E-state index is 0.605. The second-order valence-electron chi connectivity index (χ2n) is 3.02. The molecule has 5 heteroatoms. The van der Waals surface area contributed by atoms with Crippen LogP contribution in [0, 0.1) is 0 Å². The van der Waals surface area contributed by atoms with Gasteiger partial charge in [-0.05, 0) is 6.07 Å². The van der Waals surface area contributed by atoms with Crippen LogP contribution in [0.4, 0.5) is 0 Å². The molecule has 2 heterocycles. The fraction of sp³-hybridized carbons (Fsp3) is 0.222. The highest BCUT2D eigenvalue weighted by Crippen LogP contribution is 2.14. The Bertz CT molecular complexity index is 379. The fourth-order valence-corrected chi connectivity index (χ4v) is 1.04. The Morgan fingerprint density at radius 3 is 2.43 bits per heavy atom. The first-order valence-electron chi connectivity index (χ1n) is 4.22. The minimum Gasteiger partial charge on any atom is -0.347 e. The quantitative estimate of drug-likeness (QED) is 0.637. The standard InChI is InChI=1S/C9H10N5/c1-14(2)9-12-6-7(13-9)8-10-4-3-5-11-8/h3-6H,1-2H3. The zero-order chi connectivity index (χ0) is 9.97. The molecule has 1 aliphatic rings. The van der Waals surface area contributed by atoms with Gasteiger partial charge >= 0.3 is 0 Å². The lowest BCUT2D eigenvalue weighted by molar-refractivity contribution is 0.604. The van der Waals surface area contributed by atoms with E-state index in [2.05, 4.69) is 20.3 Å². The maximum Gasteiger partial charge on any atom is 0.225 e. The van der Waals surface area contributed by atoms with E-state index in [0.717, 1.165) is 0 Å². The normalized spacial score (nSPS) is 14.4. The van der Waals surface area contributed by atoms with Crippen molar-refractivity contribution in [3.8, 4) is 0 Å². The molecule has 5 nitrogen and oxygen atoms in total. The lowest BCUT2D eigenvalue weighted by Gasteiger charge is -2.08. The third-order valence-corrected chi connectivity index (χ3v) is 1.72. The topological polar surface area (TPSA) is 55.5 Å². The highest BCUT2D eigenvalue weighted by Gasteiger charge is 2.14. The monoisotopic (exact) mass is 188 g/mol. The van der Waals surface area contributed by atoms with Crippen LogP contribution in [-0.2, 0) is 0 Å². The van der Waals surface area contributed by atoms with Crippen LogP contribution in [0.15, 0.2) is 29.7 Å². The molecule has 2 rings (SSSR count). The van der Waals surface area contributed by atoms with Gasteiger partial charge in [0.05, 0.1) is 6.20 Å². The van der Waals surface area contributed by atoms with Gasteiger partial charge in [0.2, 0.25) is 5.96 Å². The predicted octanol–water partition coefficient (Wildman–Crippen LogP) is 0.311. The van der Waals surface area contributed by atoms with Gasteiger partial charge in [0.25, 0.3) is 0 Å². The summed E-state index contributed by atoms with van der Waals surface area (Å²) in [5, 5.41) is 4.13. The number of aromatic nitrogens is 2. The molecule has 0 aliphatic carbocycles. The Morgan fingerprint density at radius 2 is 1.86 bits per heavy atom. The van der Waals surface area contributed by atoms with Crippen LogP contribution in [0.1, 0.15) is 5.82 Å². The number of aliphatic imine (C=N–C) groups is 1. The van der Waals surface area contributed by atoms with Gasteiger partial charge in [-0.2, -0.15) is 0 Å². The lowest BCUT2D eigenvalue weighted by atomic mass is 10.4. The summed E-state index contributed by atoms with van der Waals surface area (Å²) < 4.78 is 0. The molecule has 0 aromatic carbocycles. The van der Waals surface area contributed by atoms with E-state index in [1.54, 1.807) is 24.7 Å². The van der Waals surface area contributed by atoms with E-state index in [-0.39, 0.29) is 0 Å². The first kappa shape index (κ1) is 8.68. The summed E-state index contributed by atoms with van der Waals surface area (Å²) in [7, 11) is 3.79. The van der Waals surface area contributed by atoms with Gasteiger partial charge in [-0.1, -0.05) is 0 Å². The Balaban J connectivity index is 2.23. The SMILES string of the molecule is CN(C)C1=NC(c2ncccn2)=C[N]1. The van der Waals surface area contributed by atoms with E-state index in [0.29, 0.717) is 17.5 Å². The zero-order valence-electron chi connectivity index (χ0n) is 8.05. The summed E-state index contributed by atoms with van der Waals surface area (Å²) in [6, 6.07) is 1.77. The molecular formula is C9H10N5. The molecule has 1 aromatic rings. The summed E-state index contributed by atoms with van der Waals surface area (Å²) in [6.45, 7) is 0. The van der Waals surface area contributed by atoms with E-state index < -0.39 is 0 Å². The smallest absolute Gasteiger partial charge is 0.225 e. The fourth-order valence-electron chi connectivity index (χ4n) is 1.04. The summed E-state index contributed by atoms with van der Waals surface area (Å²) in [5.74, 6) is 1.28. The molecular weight excluding hydrogens is 178 g/mol. The summed E-state index contributed by atoms with van der Waals surface area (Å²) in [5.41, 5.74) is 0.703. The molecule has 0 saturated heterocycles. The number of guanidine groups is 1. The maximum absolute atomic E-state index is 4.27. The first-order valence-corrected chi connectivity index (χ1v) is 4.22. The summed E-state index contributed by atoms with van der Waals surface area (Å²) >= 11 is 0. The van der Waals surface area contributed by atoms with Crippen LogP contribution in [-0.4, -0.2) is 34.9 Å². The van der Waals surface area contributed by atoms with Crippen molar-refractivity contribution in [3.63, 3.8) is 0 Å². The Hall–Kier alpha value is -1.91. The van der Waals surface area contributed by atoms with Gasteiger partial charge in [0.15, 0.2) is 5.82 Å². The summed E-state index contributed by atoms with van der Waals surface area (Å²) in [4.78, 5) is 14.3. The Kier molecular flexibility index (Phi) is 2.14. The lowest BCUT2D eigenvalue weighted by Crippen LogP contribution is -2.26. The first-order chi connectivity index (χ1) is 6.77. The van der Waals surface area contributed by atoms with Crippen molar-refractivity contribution < 1.29 is 0 Å². The van der Waals surface area contributed by atoms with Crippen LogP contribution in [0.5, 0.6) is 0 Å². The molecule has 0 saturated carbocycles. The molecule has 1 aromatic heterocycles. The van der Waals surface area contributed by atoms with Crippen LogP contribution >= 0.6 is 0 Å². The van der Waals surface area contributed by atoms with Gasteiger partial charge in [-0.15, -0.1) is 0 Å². The second kappa shape index (κ2) is 3.45. The van der Waals surface area contributed by atoms with Crippen molar-refractivity contribution in [2.24, 2.45) is 4.99 Å². The second-order valence-corrected chi connectivity index (χ2v) is 3.02. The number of hydrogen-bond acceptors (Lipinski definition) is 4. The van der Waals surface area contributed by atoms with Gasteiger partial charge in [0.1, 0.15) is 5.70 Å². The highest BCUT2D eigenvalue weighted by molar-refractivity contribution is 5.90. The van der Waals surface area contributed by atoms with Crippen LogP contribution in [0.2, 0.25) is 0 Å². The summed E-state index contributed by atoms with van der Waals surface area (Å²) in [6.07, 6.45) is 5.04. The number of nitrogens with zero attached hydrogens (tertiary/aromatic N) is 5. The van der Waals surface area contributed by atoms with E-state index in [9.17, 15) is 0 Å². The third kappa shape index (κ3) is 1.56. The van der Waals surface area contributed by atoms with E-state index in [1.807, 2.05) is 19.0 Å². The van der Waals surface area contributed by atoms with E-state index >= 15 is 0 Å². The third-order valence-electron chi connectivity index (χ3n) is 1.72. The van der Waals surface area contributed by atoms with Gasteiger partial charge < -0.3 is 4.90 Å². The average molecular weight is 188 g/mol. The minimum absolute atomic E-state index is 0.605. The maximum atomic E-state index is 4.27. The molecule has 1 aliphatic heterocycles.